The van der Waals surface area contributed by atoms with E-state index in [2.05, 4.69) is 10.3 Å². The zero-order valence-electron chi connectivity index (χ0n) is 18.7. The van der Waals surface area contributed by atoms with Gasteiger partial charge in [-0.25, -0.2) is 4.79 Å². The second kappa shape index (κ2) is 11.3. The summed E-state index contributed by atoms with van der Waals surface area (Å²) < 4.78 is 37.6. The summed E-state index contributed by atoms with van der Waals surface area (Å²) in [5.74, 6) is -2.61. The number of piperidine rings is 1. The van der Waals surface area contributed by atoms with Crippen LogP contribution < -0.4 is 11.1 Å². The van der Waals surface area contributed by atoms with Crippen LogP contribution in [-0.2, 0) is 16.8 Å². The van der Waals surface area contributed by atoms with Gasteiger partial charge in [0.1, 0.15) is 5.84 Å². The van der Waals surface area contributed by atoms with E-state index in [0.717, 1.165) is 11.1 Å². The topological polar surface area (TPSA) is 87.8 Å². The van der Waals surface area contributed by atoms with Gasteiger partial charge in [-0.2, -0.15) is 18.2 Å². The van der Waals surface area contributed by atoms with Gasteiger partial charge >= 0.3 is 18.1 Å². The number of aliphatic imine (C=N–C) groups is 1. The van der Waals surface area contributed by atoms with Crippen molar-refractivity contribution in [3.8, 4) is 0 Å². The van der Waals surface area contributed by atoms with E-state index in [-0.39, 0.29) is 24.8 Å². The summed E-state index contributed by atoms with van der Waals surface area (Å²) in [6.07, 6.45) is -3.37. The van der Waals surface area contributed by atoms with Crippen LogP contribution in [0, 0.1) is 0 Å². The fourth-order valence-corrected chi connectivity index (χ4v) is 4.56. The Labute approximate surface area is 211 Å². The molecule has 3 amide bonds. The highest BCUT2D eigenvalue weighted by Gasteiger charge is 2.40. The van der Waals surface area contributed by atoms with Crippen molar-refractivity contribution in [3.63, 3.8) is 0 Å². The number of nitrogens with one attached hydrogen (secondary N) is 1. The third-order valence-electron chi connectivity index (χ3n) is 6.03. The Morgan fingerprint density at radius 2 is 1.83 bits per heavy atom. The zero-order valence-corrected chi connectivity index (χ0v) is 20.3. The fourth-order valence-electron chi connectivity index (χ4n) is 4.24. The average molecular weight is 529 g/mol. The molecule has 0 aromatic heterocycles. The Hall–Kier alpha value is -2.78. The molecule has 0 saturated carbocycles. The van der Waals surface area contributed by atoms with E-state index in [1.807, 2.05) is 30.3 Å². The number of nitrogens with zero attached hydrogens (tertiary/aromatic N) is 2. The van der Waals surface area contributed by atoms with E-state index in [4.69, 9.17) is 28.9 Å². The Balaban J connectivity index is 1.74. The van der Waals surface area contributed by atoms with Gasteiger partial charge in [0.25, 0.3) is 0 Å². The summed E-state index contributed by atoms with van der Waals surface area (Å²) in [7, 11) is 0. The smallest absolute Gasteiger partial charge is 0.387 e. The van der Waals surface area contributed by atoms with Crippen LogP contribution in [0.2, 0.25) is 10.0 Å². The molecule has 1 saturated heterocycles. The van der Waals surface area contributed by atoms with Crippen LogP contribution in [0.4, 0.5) is 18.0 Å². The summed E-state index contributed by atoms with van der Waals surface area (Å²) in [6, 6.07) is 14.3. The van der Waals surface area contributed by atoms with Crippen molar-refractivity contribution in [2.24, 2.45) is 10.7 Å². The van der Waals surface area contributed by atoms with Gasteiger partial charge < -0.3 is 16.0 Å². The van der Waals surface area contributed by atoms with Crippen LogP contribution in [-0.4, -0.2) is 41.9 Å². The van der Waals surface area contributed by atoms with Crippen LogP contribution in [0.25, 0.3) is 0 Å². The number of benzene rings is 2. The lowest BCUT2D eigenvalue weighted by Gasteiger charge is -2.43. The number of likely N-dealkylation sites (tertiary alicyclic amines) is 1. The third-order valence-corrected chi connectivity index (χ3v) is 6.76. The lowest BCUT2D eigenvalue weighted by Crippen LogP contribution is -2.51. The van der Waals surface area contributed by atoms with Gasteiger partial charge in [-0.05, 0) is 42.5 Å². The first kappa shape index (κ1) is 26.8. The maximum absolute atomic E-state index is 13.0. The predicted molar refractivity (Wildman–Crippen MR) is 130 cm³/mol. The molecule has 3 rings (SSSR count). The maximum atomic E-state index is 13.0. The van der Waals surface area contributed by atoms with Crippen LogP contribution in [0.5, 0.6) is 0 Å². The van der Waals surface area contributed by atoms with Gasteiger partial charge in [0.2, 0.25) is 0 Å². The normalized spacial score (nSPS) is 18.9. The summed E-state index contributed by atoms with van der Waals surface area (Å²) in [5.41, 5.74) is 6.85. The van der Waals surface area contributed by atoms with Crippen LogP contribution >= 0.6 is 23.2 Å². The Kier molecular flexibility index (Phi) is 8.66. The zero-order chi connectivity index (χ0) is 25.6. The highest BCUT2D eigenvalue weighted by Crippen LogP contribution is 2.38. The van der Waals surface area contributed by atoms with E-state index in [9.17, 15) is 22.8 Å². The SMILES string of the molecule is NC(CCC1(c2ccccc2)CCCN(C(=O)NCc2ccc(Cl)c(Cl)c2)C1)=NC(=O)C(F)(F)F. The van der Waals surface area contributed by atoms with Crippen molar-refractivity contribution in [1.29, 1.82) is 0 Å². The Morgan fingerprint density at radius 3 is 2.49 bits per heavy atom. The van der Waals surface area contributed by atoms with E-state index in [1.54, 1.807) is 23.1 Å². The number of carbonyl (C=O) groups is 2. The molecule has 1 heterocycles. The van der Waals surface area contributed by atoms with Crippen LogP contribution in [0.1, 0.15) is 36.8 Å². The minimum atomic E-state index is -5.07. The van der Waals surface area contributed by atoms with Crippen molar-refractivity contribution in [2.75, 3.05) is 13.1 Å². The molecule has 188 valence electrons. The summed E-state index contributed by atoms with van der Waals surface area (Å²) in [6.45, 7) is 1.12. The first-order chi connectivity index (χ1) is 16.5. The minimum Gasteiger partial charge on any atom is -0.387 e. The number of alkyl halides is 3. The number of halogens is 5. The lowest BCUT2D eigenvalue weighted by atomic mass is 9.71. The summed E-state index contributed by atoms with van der Waals surface area (Å²) in [5, 5.41) is 3.69. The van der Waals surface area contributed by atoms with E-state index in [0.29, 0.717) is 42.4 Å². The second-order valence-electron chi connectivity index (χ2n) is 8.48. The minimum absolute atomic E-state index is 0.0184. The number of amides is 3. The van der Waals surface area contributed by atoms with Crippen LogP contribution in [0.15, 0.2) is 53.5 Å². The van der Waals surface area contributed by atoms with Crippen molar-refractivity contribution in [3.05, 3.63) is 69.7 Å². The number of carbonyl (C=O) groups excluding carboxylic acids is 2. The van der Waals surface area contributed by atoms with E-state index < -0.39 is 17.5 Å². The number of hydrogen-bond donors (Lipinski definition) is 2. The molecule has 11 heteroatoms. The molecular weight excluding hydrogens is 504 g/mol. The highest BCUT2D eigenvalue weighted by molar-refractivity contribution is 6.42. The highest BCUT2D eigenvalue weighted by atomic mass is 35.5. The standard InChI is InChI=1S/C24H25Cl2F3N4O2/c25-18-8-7-16(13-19(18)26)14-31-22(35)33-12-4-10-23(15-33,17-5-2-1-3-6-17)11-9-20(30)32-21(34)24(27,28)29/h1-3,5-8,13H,4,9-12,14-15H2,(H,31,35)(H2,30,32,34). The molecule has 0 radical (unpaired) electrons. The lowest BCUT2D eigenvalue weighted by molar-refractivity contribution is -0.169. The molecule has 1 aliphatic rings. The molecule has 1 atom stereocenters. The molecular formula is C24H25Cl2F3N4O2. The van der Waals surface area contributed by atoms with Gasteiger partial charge in [-0.15, -0.1) is 0 Å². The number of urea groups is 1. The molecule has 1 unspecified atom stereocenters. The third kappa shape index (κ3) is 7.11. The van der Waals surface area contributed by atoms with Crippen molar-refractivity contribution in [2.45, 2.75) is 43.8 Å². The van der Waals surface area contributed by atoms with Gasteiger partial charge in [0.05, 0.1) is 10.0 Å². The molecule has 35 heavy (non-hydrogen) atoms. The van der Waals surface area contributed by atoms with Gasteiger partial charge in [0, 0.05) is 31.5 Å². The molecule has 0 bridgehead atoms. The number of amidine groups is 1. The predicted octanol–water partition coefficient (Wildman–Crippen LogP) is 5.46. The molecule has 0 aliphatic carbocycles. The quantitative estimate of drug-likeness (QED) is 0.385. The van der Waals surface area contributed by atoms with Gasteiger partial charge in [-0.3, -0.25) is 4.79 Å². The second-order valence-corrected chi connectivity index (χ2v) is 9.30. The monoisotopic (exact) mass is 528 g/mol. The fraction of sp³-hybridized carbons (Fsp3) is 0.375. The average Bonchev–Trinajstić information content (AvgIpc) is 2.83. The summed E-state index contributed by atoms with van der Waals surface area (Å²) >= 11 is 12.0. The maximum Gasteiger partial charge on any atom is 0.473 e. The van der Waals surface area contributed by atoms with Crippen molar-refractivity contribution >= 4 is 41.0 Å². The summed E-state index contributed by atoms with van der Waals surface area (Å²) in [4.78, 5) is 28.8. The Bertz CT molecular complexity index is 1100. The Morgan fingerprint density at radius 1 is 1.11 bits per heavy atom. The van der Waals surface area contributed by atoms with E-state index in [1.165, 1.54) is 0 Å². The van der Waals surface area contributed by atoms with E-state index >= 15 is 0 Å². The van der Waals surface area contributed by atoms with Crippen molar-refractivity contribution in [1.82, 2.24) is 10.2 Å². The van der Waals surface area contributed by atoms with Crippen LogP contribution in [0.3, 0.4) is 0 Å². The van der Waals surface area contributed by atoms with Crippen molar-refractivity contribution < 1.29 is 22.8 Å². The van der Waals surface area contributed by atoms with Gasteiger partial charge in [-0.1, -0.05) is 59.6 Å². The molecule has 2 aromatic carbocycles. The molecule has 1 fully saturated rings. The first-order valence-electron chi connectivity index (χ1n) is 11.0. The molecule has 6 nitrogen and oxygen atoms in total. The van der Waals surface area contributed by atoms with Gasteiger partial charge in [0.15, 0.2) is 0 Å². The molecule has 3 N–H and O–H groups in total. The number of nitrogens with two attached hydrogens (primary N) is 1. The largest absolute Gasteiger partial charge is 0.473 e. The molecule has 2 aromatic rings. The number of rotatable bonds is 6. The first-order valence-corrected chi connectivity index (χ1v) is 11.7. The molecule has 1 aliphatic heterocycles. The number of hydrogen-bond acceptors (Lipinski definition) is 2. The molecule has 0 spiro atoms.